The smallest absolute Gasteiger partial charge is 0.157 e. The van der Waals surface area contributed by atoms with Gasteiger partial charge in [-0.05, 0) is 45.6 Å². The Morgan fingerprint density at radius 3 is 2.54 bits per heavy atom. The van der Waals surface area contributed by atoms with Crippen molar-refractivity contribution >= 4 is 11.3 Å². The first-order valence-corrected chi connectivity index (χ1v) is 8.67. The molecule has 1 N–H and O–H groups in total. The van der Waals surface area contributed by atoms with Gasteiger partial charge in [-0.1, -0.05) is 6.07 Å². The lowest BCUT2D eigenvalue weighted by Crippen LogP contribution is -2.39. The lowest BCUT2D eigenvalue weighted by atomic mass is 9.89. The molecule has 0 radical (unpaired) electrons. The number of ether oxygens (including phenoxy) is 1. The number of hydrogen-bond donors (Lipinski definition) is 1. The van der Waals surface area contributed by atoms with Crippen LogP contribution in [0.3, 0.4) is 0 Å². The fourth-order valence-corrected chi connectivity index (χ4v) is 3.57. The molecule has 0 aliphatic heterocycles. The van der Waals surface area contributed by atoms with Crippen LogP contribution in [0.5, 0.6) is 5.75 Å². The number of aliphatic hydroxyl groups is 1. The number of alkyl halides is 1. The summed E-state index contributed by atoms with van der Waals surface area (Å²) in [6.07, 6.45) is 1.93. The molecule has 1 atom stereocenters. The summed E-state index contributed by atoms with van der Waals surface area (Å²) in [6.45, 7) is 3.44. The van der Waals surface area contributed by atoms with Gasteiger partial charge in [0.1, 0.15) is 16.4 Å². The molecule has 1 aromatic heterocycles. The van der Waals surface area contributed by atoms with Crippen LogP contribution >= 0.6 is 11.3 Å². The number of thiazole rings is 1. The number of methoxy groups -OCH3 is 1. The predicted molar refractivity (Wildman–Crippen MR) is 95.6 cm³/mol. The maximum Gasteiger partial charge on any atom is 0.157 e. The van der Waals surface area contributed by atoms with Crippen molar-refractivity contribution in [2.45, 2.75) is 31.5 Å². The Kier molecular flexibility index (Phi) is 5.63. The minimum absolute atomic E-state index is 0.264. The minimum Gasteiger partial charge on any atom is -0.496 e. The highest BCUT2D eigenvalue weighted by Crippen LogP contribution is 2.38. The summed E-state index contributed by atoms with van der Waals surface area (Å²) in [6, 6.07) is 5.44. The summed E-state index contributed by atoms with van der Waals surface area (Å²) >= 11 is 1.39. The third-order valence-corrected chi connectivity index (χ3v) is 4.59. The van der Waals surface area contributed by atoms with Gasteiger partial charge in [0.25, 0.3) is 0 Å². The first-order valence-electron chi connectivity index (χ1n) is 7.79. The fourth-order valence-electron chi connectivity index (χ4n) is 2.83. The van der Waals surface area contributed by atoms with Crippen LogP contribution in [-0.2, 0) is 12.0 Å². The highest BCUT2D eigenvalue weighted by molar-refractivity contribution is 7.09. The van der Waals surface area contributed by atoms with Gasteiger partial charge in [0, 0.05) is 30.1 Å². The molecule has 1 aromatic carbocycles. The first kappa shape index (κ1) is 18.8. The molecule has 0 amide bonds. The number of nitrogens with zero attached hydrogens (tertiary/aromatic N) is 2. The molecule has 4 nitrogen and oxygen atoms in total. The lowest BCUT2D eigenvalue weighted by molar-refractivity contribution is 0.0486. The topological polar surface area (TPSA) is 45.6 Å². The van der Waals surface area contributed by atoms with Gasteiger partial charge >= 0.3 is 0 Å². The standard InChI is InChI=1S/C18H25FN2O2S/c1-17(2,19)11-13-6-7-15(23-5)14(10-13)18(22,12-21(3)4)16-20-8-9-24-16/h6-10,22H,11-12H2,1-5H3. The molecular formula is C18H25FN2O2S. The van der Waals surface area contributed by atoms with Crippen molar-refractivity contribution in [1.29, 1.82) is 0 Å². The number of rotatable bonds is 7. The van der Waals surface area contributed by atoms with Crippen LogP contribution in [0, 0.1) is 0 Å². The Labute approximate surface area is 146 Å². The van der Waals surface area contributed by atoms with E-state index in [1.807, 2.05) is 36.5 Å². The van der Waals surface area contributed by atoms with E-state index >= 15 is 0 Å². The monoisotopic (exact) mass is 352 g/mol. The quantitative estimate of drug-likeness (QED) is 0.831. The highest BCUT2D eigenvalue weighted by atomic mass is 32.1. The van der Waals surface area contributed by atoms with Gasteiger partial charge in [-0.2, -0.15) is 0 Å². The second-order valence-electron chi connectivity index (χ2n) is 6.87. The molecule has 1 heterocycles. The van der Waals surface area contributed by atoms with Crippen LogP contribution in [-0.4, -0.2) is 48.4 Å². The van der Waals surface area contributed by atoms with Gasteiger partial charge in [0.15, 0.2) is 5.60 Å². The minimum atomic E-state index is -1.33. The Hall–Kier alpha value is -1.50. The van der Waals surface area contributed by atoms with Crippen molar-refractivity contribution in [3.05, 3.63) is 45.9 Å². The van der Waals surface area contributed by atoms with E-state index in [4.69, 9.17) is 4.74 Å². The maximum absolute atomic E-state index is 14.1. The number of benzene rings is 1. The van der Waals surface area contributed by atoms with Crippen molar-refractivity contribution < 1.29 is 14.2 Å². The summed E-state index contributed by atoms with van der Waals surface area (Å²) in [7, 11) is 5.34. The van der Waals surface area contributed by atoms with Gasteiger partial charge in [-0.3, -0.25) is 0 Å². The molecule has 0 bridgehead atoms. The highest BCUT2D eigenvalue weighted by Gasteiger charge is 2.38. The molecule has 0 aliphatic carbocycles. The summed E-state index contributed by atoms with van der Waals surface area (Å²) in [4.78, 5) is 6.21. The number of halogens is 1. The van der Waals surface area contributed by atoms with Crippen LogP contribution in [0.4, 0.5) is 4.39 Å². The fraction of sp³-hybridized carbons (Fsp3) is 0.500. The van der Waals surface area contributed by atoms with Crippen LogP contribution in [0.2, 0.25) is 0 Å². The zero-order valence-electron chi connectivity index (χ0n) is 14.8. The molecule has 2 aromatic rings. The molecule has 132 valence electrons. The Bertz CT molecular complexity index is 668. The van der Waals surface area contributed by atoms with Crippen molar-refractivity contribution in [1.82, 2.24) is 9.88 Å². The maximum atomic E-state index is 14.1. The zero-order valence-corrected chi connectivity index (χ0v) is 15.7. The van der Waals surface area contributed by atoms with Gasteiger partial charge in [0.05, 0.1) is 7.11 Å². The van der Waals surface area contributed by atoms with Crippen LogP contribution in [0.15, 0.2) is 29.8 Å². The molecule has 2 rings (SSSR count). The molecular weight excluding hydrogens is 327 g/mol. The average molecular weight is 352 g/mol. The molecule has 0 fully saturated rings. The van der Waals surface area contributed by atoms with E-state index in [1.165, 1.54) is 11.3 Å². The number of aromatic nitrogens is 1. The van der Waals surface area contributed by atoms with E-state index in [2.05, 4.69) is 4.98 Å². The molecule has 24 heavy (non-hydrogen) atoms. The number of likely N-dealkylation sites (N-methyl/N-ethyl adjacent to an activating group) is 1. The normalized spacial score (nSPS) is 14.7. The molecule has 0 saturated heterocycles. The summed E-state index contributed by atoms with van der Waals surface area (Å²) in [5.41, 5.74) is -1.23. The lowest BCUT2D eigenvalue weighted by Gasteiger charge is -2.31. The van der Waals surface area contributed by atoms with E-state index < -0.39 is 11.3 Å². The van der Waals surface area contributed by atoms with Crippen LogP contribution in [0.25, 0.3) is 0 Å². The van der Waals surface area contributed by atoms with Gasteiger partial charge in [0.2, 0.25) is 0 Å². The molecule has 1 unspecified atom stereocenters. The van der Waals surface area contributed by atoms with Gasteiger partial charge in [-0.25, -0.2) is 9.37 Å². The van der Waals surface area contributed by atoms with Crippen molar-refractivity contribution in [3.8, 4) is 5.75 Å². The molecule has 0 spiro atoms. The third kappa shape index (κ3) is 4.32. The Morgan fingerprint density at radius 2 is 2.04 bits per heavy atom. The van der Waals surface area contributed by atoms with Crippen molar-refractivity contribution in [2.24, 2.45) is 0 Å². The zero-order chi connectivity index (χ0) is 18.0. The average Bonchev–Trinajstić information content (AvgIpc) is 2.99. The predicted octanol–water partition coefficient (Wildman–Crippen LogP) is 3.24. The van der Waals surface area contributed by atoms with Crippen LogP contribution in [0.1, 0.15) is 30.0 Å². The first-order chi connectivity index (χ1) is 11.2. The van der Waals surface area contributed by atoms with Crippen molar-refractivity contribution in [2.75, 3.05) is 27.7 Å². The largest absolute Gasteiger partial charge is 0.496 e. The van der Waals surface area contributed by atoms with Gasteiger partial charge in [-0.15, -0.1) is 11.3 Å². The van der Waals surface area contributed by atoms with Crippen molar-refractivity contribution in [3.63, 3.8) is 0 Å². The second-order valence-corrected chi connectivity index (χ2v) is 7.76. The molecule has 0 saturated carbocycles. The second kappa shape index (κ2) is 7.17. The molecule has 0 aliphatic rings. The Morgan fingerprint density at radius 1 is 1.33 bits per heavy atom. The van der Waals surface area contributed by atoms with E-state index in [0.717, 1.165) is 5.56 Å². The third-order valence-electron chi connectivity index (χ3n) is 3.67. The SMILES string of the molecule is COc1ccc(CC(C)(C)F)cc1C(O)(CN(C)C)c1nccs1. The van der Waals surface area contributed by atoms with Gasteiger partial charge < -0.3 is 14.7 Å². The van der Waals surface area contributed by atoms with E-state index in [9.17, 15) is 9.50 Å². The summed E-state index contributed by atoms with van der Waals surface area (Å²) in [5, 5.41) is 13.9. The Balaban J connectivity index is 2.57. The van der Waals surface area contributed by atoms with E-state index in [1.54, 1.807) is 33.2 Å². The van der Waals surface area contributed by atoms with Crippen LogP contribution < -0.4 is 4.74 Å². The molecule has 6 heteroatoms. The number of hydrogen-bond acceptors (Lipinski definition) is 5. The summed E-state index contributed by atoms with van der Waals surface area (Å²) in [5.74, 6) is 0.565. The van der Waals surface area contributed by atoms with E-state index in [-0.39, 0.29) is 6.42 Å². The van der Waals surface area contributed by atoms with E-state index in [0.29, 0.717) is 22.9 Å². The summed E-state index contributed by atoms with van der Waals surface area (Å²) < 4.78 is 19.5.